The van der Waals surface area contributed by atoms with Gasteiger partial charge in [0.2, 0.25) is 0 Å². The van der Waals surface area contributed by atoms with Gasteiger partial charge in [-0.3, -0.25) is 0 Å². The molecular weight excluding hydrogens is 268 g/mol. The highest BCUT2D eigenvalue weighted by Gasteiger charge is 2.25. The first-order valence-corrected chi connectivity index (χ1v) is 6.35. The quantitative estimate of drug-likeness (QED) is 0.778. The van der Waals surface area contributed by atoms with E-state index in [1.165, 1.54) is 0 Å². The fourth-order valence-corrected chi connectivity index (χ4v) is 2.69. The molecule has 1 heterocycles. The van der Waals surface area contributed by atoms with Gasteiger partial charge in [-0.05, 0) is 46.5 Å². The highest BCUT2D eigenvalue weighted by molar-refractivity contribution is 9.10. The molecule has 0 aromatic heterocycles. The van der Waals surface area contributed by atoms with Gasteiger partial charge in [-0.1, -0.05) is 6.92 Å². The molecule has 1 aromatic rings. The molecule has 16 heavy (non-hydrogen) atoms. The molecule has 3 N–H and O–H groups in total. The number of aliphatic hydroxyl groups excluding tert-OH is 1. The second-order valence-corrected chi connectivity index (χ2v) is 5.34. The van der Waals surface area contributed by atoms with E-state index in [0.717, 1.165) is 28.8 Å². The molecule has 2 rings (SSSR count). The number of halogens is 1. The number of piperidine rings is 1. The van der Waals surface area contributed by atoms with Crippen LogP contribution in [-0.2, 0) is 0 Å². The molecule has 1 aromatic carbocycles. The molecule has 0 spiro atoms. The fraction of sp³-hybridized carbons (Fsp3) is 0.500. The minimum Gasteiger partial charge on any atom is -0.399 e. The summed E-state index contributed by atoms with van der Waals surface area (Å²) in [5, 5.41) is 9.87. The van der Waals surface area contributed by atoms with Crippen molar-refractivity contribution in [2.45, 2.75) is 19.4 Å². The Balaban J connectivity index is 2.18. The van der Waals surface area contributed by atoms with Crippen LogP contribution < -0.4 is 10.6 Å². The zero-order valence-corrected chi connectivity index (χ0v) is 10.9. The van der Waals surface area contributed by atoms with Crippen molar-refractivity contribution in [3.8, 4) is 0 Å². The van der Waals surface area contributed by atoms with E-state index in [4.69, 9.17) is 5.73 Å². The van der Waals surface area contributed by atoms with Crippen molar-refractivity contribution < 1.29 is 5.11 Å². The first-order chi connectivity index (χ1) is 7.58. The molecule has 2 atom stereocenters. The van der Waals surface area contributed by atoms with Crippen LogP contribution in [0.25, 0.3) is 0 Å². The lowest BCUT2D eigenvalue weighted by atomic mass is 9.96. The molecule has 1 saturated heterocycles. The molecule has 0 radical (unpaired) electrons. The maximum Gasteiger partial charge on any atom is 0.0741 e. The molecule has 0 aliphatic carbocycles. The Hall–Kier alpha value is -0.740. The van der Waals surface area contributed by atoms with Crippen molar-refractivity contribution in [3.63, 3.8) is 0 Å². The highest BCUT2D eigenvalue weighted by Crippen LogP contribution is 2.31. The molecule has 0 amide bonds. The Bertz CT molecular complexity index is 383. The highest BCUT2D eigenvalue weighted by atomic mass is 79.9. The molecule has 1 fully saturated rings. The number of nitrogens with two attached hydrogens (primary N) is 1. The van der Waals surface area contributed by atoms with Gasteiger partial charge in [-0.15, -0.1) is 0 Å². The summed E-state index contributed by atoms with van der Waals surface area (Å²) in [6.07, 6.45) is 0.788. The van der Waals surface area contributed by atoms with Crippen LogP contribution in [0.1, 0.15) is 13.3 Å². The standard InChI is InChI=1S/C12H17BrN2O/c1-8-4-5-15(7-12(8)16)11-3-2-9(14)6-10(11)13/h2-3,6,8,12,16H,4-5,7,14H2,1H3. The third-order valence-corrected chi connectivity index (χ3v) is 3.87. The number of benzene rings is 1. The summed E-state index contributed by atoms with van der Waals surface area (Å²) in [5.41, 5.74) is 7.57. The lowest BCUT2D eigenvalue weighted by molar-refractivity contribution is 0.103. The second-order valence-electron chi connectivity index (χ2n) is 4.49. The van der Waals surface area contributed by atoms with Gasteiger partial charge in [0, 0.05) is 23.2 Å². The van der Waals surface area contributed by atoms with Crippen molar-refractivity contribution in [1.82, 2.24) is 0 Å². The van der Waals surface area contributed by atoms with Crippen LogP contribution in [0.5, 0.6) is 0 Å². The van der Waals surface area contributed by atoms with Crippen molar-refractivity contribution in [2.75, 3.05) is 23.7 Å². The normalized spacial score (nSPS) is 25.8. The minimum absolute atomic E-state index is 0.238. The van der Waals surface area contributed by atoms with E-state index in [-0.39, 0.29) is 6.10 Å². The Morgan fingerprint density at radius 3 is 2.88 bits per heavy atom. The van der Waals surface area contributed by atoms with E-state index in [2.05, 4.69) is 27.8 Å². The average molecular weight is 285 g/mol. The number of rotatable bonds is 1. The topological polar surface area (TPSA) is 49.5 Å². The third kappa shape index (κ3) is 2.33. The largest absolute Gasteiger partial charge is 0.399 e. The lowest BCUT2D eigenvalue weighted by Crippen LogP contribution is -2.43. The van der Waals surface area contributed by atoms with Gasteiger partial charge in [-0.25, -0.2) is 0 Å². The predicted octanol–water partition coefficient (Wildman–Crippen LogP) is 2.24. The van der Waals surface area contributed by atoms with Gasteiger partial charge in [0.1, 0.15) is 0 Å². The number of aliphatic hydroxyl groups is 1. The maximum atomic E-state index is 9.87. The van der Waals surface area contributed by atoms with Crippen LogP contribution >= 0.6 is 15.9 Å². The molecule has 0 saturated carbocycles. The summed E-state index contributed by atoms with van der Waals surface area (Å²) in [4.78, 5) is 2.20. The van der Waals surface area contributed by atoms with Crippen LogP contribution in [0.3, 0.4) is 0 Å². The summed E-state index contributed by atoms with van der Waals surface area (Å²) in [7, 11) is 0. The second kappa shape index (κ2) is 4.63. The third-order valence-electron chi connectivity index (χ3n) is 3.23. The van der Waals surface area contributed by atoms with Crippen molar-refractivity contribution in [3.05, 3.63) is 22.7 Å². The van der Waals surface area contributed by atoms with E-state index in [0.29, 0.717) is 12.5 Å². The first kappa shape index (κ1) is 11.7. The fourth-order valence-electron chi connectivity index (χ4n) is 2.05. The number of hydrogen-bond donors (Lipinski definition) is 2. The van der Waals surface area contributed by atoms with Gasteiger partial charge in [0.15, 0.2) is 0 Å². The lowest BCUT2D eigenvalue weighted by Gasteiger charge is -2.36. The van der Waals surface area contributed by atoms with Gasteiger partial charge >= 0.3 is 0 Å². The van der Waals surface area contributed by atoms with Gasteiger partial charge in [-0.2, -0.15) is 0 Å². The minimum atomic E-state index is -0.238. The summed E-state index contributed by atoms with van der Waals surface area (Å²) >= 11 is 3.51. The molecule has 1 aliphatic heterocycles. The maximum absolute atomic E-state index is 9.87. The number of β-amino-alcohol motifs (C(OH)–C–C–N with tert-alkyl or cyclic N) is 1. The summed E-state index contributed by atoms with van der Waals surface area (Å²) in [6, 6.07) is 5.80. The summed E-state index contributed by atoms with van der Waals surface area (Å²) < 4.78 is 0.995. The molecule has 0 bridgehead atoms. The first-order valence-electron chi connectivity index (χ1n) is 5.56. The van der Waals surface area contributed by atoms with Crippen molar-refractivity contribution in [1.29, 1.82) is 0 Å². The predicted molar refractivity (Wildman–Crippen MR) is 70.6 cm³/mol. The smallest absolute Gasteiger partial charge is 0.0741 e. The molecular formula is C12H17BrN2O. The zero-order chi connectivity index (χ0) is 11.7. The van der Waals surface area contributed by atoms with Gasteiger partial charge in [0.25, 0.3) is 0 Å². The number of nitrogens with zero attached hydrogens (tertiary/aromatic N) is 1. The number of hydrogen-bond acceptors (Lipinski definition) is 3. The zero-order valence-electron chi connectivity index (χ0n) is 9.36. The molecule has 4 heteroatoms. The Morgan fingerprint density at radius 1 is 1.50 bits per heavy atom. The van der Waals surface area contributed by atoms with Crippen molar-refractivity contribution >= 4 is 27.3 Å². The average Bonchev–Trinajstić information content (AvgIpc) is 2.22. The van der Waals surface area contributed by atoms with Crippen LogP contribution in [0.15, 0.2) is 22.7 Å². The van der Waals surface area contributed by atoms with E-state index in [9.17, 15) is 5.11 Å². The van der Waals surface area contributed by atoms with Gasteiger partial charge in [0.05, 0.1) is 11.8 Å². The van der Waals surface area contributed by atoms with E-state index >= 15 is 0 Å². The van der Waals surface area contributed by atoms with Crippen LogP contribution in [-0.4, -0.2) is 24.3 Å². The molecule has 3 nitrogen and oxygen atoms in total. The summed E-state index contributed by atoms with van der Waals surface area (Å²) in [6.45, 7) is 3.78. The Kier molecular flexibility index (Phi) is 3.40. The van der Waals surface area contributed by atoms with E-state index < -0.39 is 0 Å². The van der Waals surface area contributed by atoms with Crippen LogP contribution in [0, 0.1) is 5.92 Å². The molecule has 88 valence electrons. The van der Waals surface area contributed by atoms with Crippen molar-refractivity contribution in [2.24, 2.45) is 5.92 Å². The monoisotopic (exact) mass is 284 g/mol. The molecule has 2 unspecified atom stereocenters. The van der Waals surface area contributed by atoms with E-state index in [1.807, 2.05) is 18.2 Å². The van der Waals surface area contributed by atoms with E-state index in [1.54, 1.807) is 0 Å². The molecule has 1 aliphatic rings. The number of nitrogen functional groups attached to an aromatic ring is 1. The van der Waals surface area contributed by atoms with Crippen LogP contribution in [0.2, 0.25) is 0 Å². The SMILES string of the molecule is CC1CCN(c2ccc(N)cc2Br)CC1O. The van der Waals surface area contributed by atoms with Crippen LogP contribution in [0.4, 0.5) is 11.4 Å². The number of anilines is 2. The Morgan fingerprint density at radius 2 is 2.25 bits per heavy atom. The summed E-state index contributed by atoms with van der Waals surface area (Å²) in [5.74, 6) is 0.392. The van der Waals surface area contributed by atoms with Gasteiger partial charge < -0.3 is 15.7 Å². The Labute approximate surface area is 104 Å².